The molecule has 2 rings (SSSR count). The van der Waals surface area contributed by atoms with Crippen LogP contribution in [0.5, 0.6) is 0 Å². The number of carbonyl (C=O) groups is 1. The van der Waals surface area contributed by atoms with Crippen molar-refractivity contribution in [1.82, 2.24) is 5.32 Å². The van der Waals surface area contributed by atoms with Crippen molar-refractivity contribution in [3.05, 3.63) is 33.3 Å². The first-order valence-electron chi connectivity index (χ1n) is 5.08. The van der Waals surface area contributed by atoms with Gasteiger partial charge in [-0.1, -0.05) is 33.6 Å². The van der Waals surface area contributed by atoms with Crippen LogP contribution in [0.2, 0.25) is 5.02 Å². The molecule has 0 aliphatic carbocycles. The Balaban J connectivity index is 2.31. The first-order valence-corrected chi connectivity index (χ1v) is 6.25. The van der Waals surface area contributed by atoms with Crippen LogP contribution < -0.4 is 11.1 Å². The van der Waals surface area contributed by atoms with Crippen molar-refractivity contribution in [3.8, 4) is 0 Å². The van der Waals surface area contributed by atoms with E-state index in [4.69, 9.17) is 17.3 Å². The molecule has 16 heavy (non-hydrogen) atoms. The minimum Gasteiger partial charge on any atom is -0.348 e. The molecule has 0 radical (unpaired) electrons. The third kappa shape index (κ3) is 2.39. The van der Waals surface area contributed by atoms with Gasteiger partial charge in [0.2, 0.25) is 5.91 Å². The largest absolute Gasteiger partial charge is 0.348 e. The Labute approximate surface area is 107 Å². The number of hydrogen-bond donors (Lipinski definition) is 2. The maximum Gasteiger partial charge on any atom is 0.220 e. The number of hydrogen-bond acceptors (Lipinski definition) is 2. The van der Waals surface area contributed by atoms with Gasteiger partial charge in [0.05, 0.1) is 6.04 Å². The molecule has 0 bridgehead atoms. The molecule has 1 aromatic rings. The van der Waals surface area contributed by atoms with Crippen molar-refractivity contribution in [2.45, 2.75) is 24.9 Å². The predicted octanol–water partition coefficient (Wildman–Crippen LogP) is 2.38. The molecule has 1 aliphatic rings. The zero-order valence-electron chi connectivity index (χ0n) is 8.54. The van der Waals surface area contributed by atoms with Gasteiger partial charge in [0.25, 0.3) is 0 Å². The summed E-state index contributed by atoms with van der Waals surface area (Å²) in [5.74, 6) is 0.0496. The fourth-order valence-electron chi connectivity index (χ4n) is 1.88. The van der Waals surface area contributed by atoms with Crippen LogP contribution in [-0.4, -0.2) is 11.9 Å². The van der Waals surface area contributed by atoms with Crippen LogP contribution in [0.25, 0.3) is 0 Å². The Morgan fingerprint density at radius 1 is 1.50 bits per heavy atom. The summed E-state index contributed by atoms with van der Waals surface area (Å²) in [6, 6.07) is 5.32. The van der Waals surface area contributed by atoms with E-state index in [0.717, 1.165) is 10.0 Å². The second-order valence-electron chi connectivity index (χ2n) is 3.91. The van der Waals surface area contributed by atoms with E-state index in [0.29, 0.717) is 17.9 Å². The number of nitrogens with two attached hydrogens (primary N) is 1. The molecule has 1 saturated heterocycles. The number of nitrogens with one attached hydrogen (secondary N) is 1. The van der Waals surface area contributed by atoms with E-state index < -0.39 is 0 Å². The molecule has 1 aliphatic heterocycles. The number of piperidine rings is 1. The monoisotopic (exact) mass is 302 g/mol. The van der Waals surface area contributed by atoms with Crippen LogP contribution in [-0.2, 0) is 4.79 Å². The highest BCUT2D eigenvalue weighted by Crippen LogP contribution is 2.30. The van der Waals surface area contributed by atoms with Crippen LogP contribution in [0.1, 0.15) is 24.4 Å². The molecule has 86 valence electrons. The predicted molar refractivity (Wildman–Crippen MR) is 67.2 cm³/mol. The topological polar surface area (TPSA) is 55.1 Å². The molecule has 1 heterocycles. The summed E-state index contributed by atoms with van der Waals surface area (Å²) in [6.07, 6.45) is 1.22. The van der Waals surface area contributed by atoms with Gasteiger partial charge in [-0.3, -0.25) is 4.79 Å². The minimum atomic E-state index is -0.132. The summed E-state index contributed by atoms with van der Waals surface area (Å²) in [5, 5.41) is 3.56. The quantitative estimate of drug-likeness (QED) is 0.837. The Morgan fingerprint density at radius 2 is 2.25 bits per heavy atom. The highest BCUT2D eigenvalue weighted by atomic mass is 79.9. The van der Waals surface area contributed by atoms with Crippen molar-refractivity contribution in [1.29, 1.82) is 0 Å². The summed E-state index contributed by atoms with van der Waals surface area (Å²) < 4.78 is 0.877. The summed E-state index contributed by atoms with van der Waals surface area (Å²) >= 11 is 9.31. The molecule has 2 atom stereocenters. The molecule has 3 N–H and O–H groups in total. The van der Waals surface area contributed by atoms with Gasteiger partial charge in [0.15, 0.2) is 0 Å². The molecule has 0 saturated carbocycles. The van der Waals surface area contributed by atoms with Gasteiger partial charge in [-0.25, -0.2) is 0 Å². The van der Waals surface area contributed by atoms with Gasteiger partial charge in [0.1, 0.15) is 0 Å². The molecule has 2 unspecified atom stereocenters. The summed E-state index contributed by atoms with van der Waals surface area (Å²) in [7, 11) is 0. The molecular formula is C11H12BrClN2O. The SMILES string of the molecule is NC1CCC(=O)NC1c1ccc(Cl)cc1Br. The van der Waals surface area contributed by atoms with Crippen molar-refractivity contribution >= 4 is 33.4 Å². The van der Waals surface area contributed by atoms with Crippen molar-refractivity contribution in [2.24, 2.45) is 5.73 Å². The molecule has 1 amide bonds. The lowest BCUT2D eigenvalue weighted by molar-refractivity contribution is -0.123. The number of benzene rings is 1. The smallest absolute Gasteiger partial charge is 0.220 e. The van der Waals surface area contributed by atoms with Crippen molar-refractivity contribution in [2.75, 3.05) is 0 Å². The molecule has 1 fully saturated rings. The zero-order valence-corrected chi connectivity index (χ0v) is 10.9. The van der Waals surface area contributed by atoms with E-state index in [9.17, 15) is 4.79 Å². The average molecular weight is 304 g/mol. The van der Waals surface area contributed by atoms with Gasteiger partial charge in [0, 0.05) is 22.0 Å². The van der Waals surface area contributed by atoms with Crippen LogP contribution in [0.3, 0.4) is 0 Å². The van der Waals surface area contributed by atoms with Gasteiger partial charge in [-0.2, -0.15) is 0 Å². The second-order valence-corrected chi connectivity index (χ2v) is 5.20. The van der Waals surface area contributed by atoms with Gasteiger partial charge in [-0.05, 0) is 24.1 Å². The number of rotatable bonds is 1. The van der Waals surface area contributed by atoms with E-state index in [1.54, 1.807) is 6.07 Å². The first-order chi connectivity index (χ1) is 7.58. The van der Waals surface area contributed by atoms with E-state index in [-0.39, 0.29) is 18.0 Å². The molecule has 3 nitrogen and oxygen atoms in total. The lowest BCUT2D eigenvalue weighted by Crippen LogP contribution is -2.45. The number of halogens is 2. The first kappa shape index (κ1) is 11.9. The maximum absolute atomic E-state index is 11.4. The highest BCUT2D eigenvalue weighted by Gasteiger charge is 2.28. The van der Waals surface area contributed by atoms with Gasteiger partial charge >= 0.3 is 0 Å². The highest BCUT2D eigenvalue weighted by molar-refractivity contribution is 9.10. The van der Waals surface area contributed by atoms with Crippen LogP contribution >= 0.6 is 27.5 Å². The molecule has 0 aromatic heterocycles. The number of carbonyl (C=O) groups excluding carboxylic acids is 1. The van der Waals surface area contributed by atoms with Crippen LogP contribution in [0.4, 0.5) is 0 Å². The Bertz CT molecular complexity index is 424. The Hall–Kier alpha value is -0.580. The fourth-order valence-corrected chi connectivity index (χ4v) is 2.81. The lowest BCUT2D eigenvalue weighted by atomic mass is 9.93. The fraction of sp³-hybridized carbons (Fsp3) is 0.364. The van der Waals surface area contributed by atoms with E-state index >= 15 is 0 Å². The third-order valence-corrected chi connectivity index (χ3v) is 3.67. The summed E-state index contributed by atoms with van der Waals surface area (Å²) in [6.45, 7) is 0. The van der Waals surface area contributed by atoms with Gasteiger partial charge < -0.3 is 11.1 Å². The molecular weight excluding hydrogens is 291 g/mol. The average Bonchev–Trinajstić information content (AvgIpc) is 2.22. The standard InChI is InChI=1S/C11H12BrClN2O/c12-8-5-6(13)1-2-7(8)11-9(14)3-4-10(16)15-11/h1-2,5,9,11H,3-4,14H2,(H,15,16). The third-order valence-electron chi connectivity index (χ3n) is 2.75. The van der Waals surface area contributed by atoms with Crippen molar-refractivity contribution in [3.63, 3.8) is 0 Å². The number of amides is 1. The minimum absolute atomic E-state index is 0.0461. The second kappa shape index (κ2) is 4.73. The normalized spacial score (nSPS) is 25.3. The maximum atomic E-state index is 11.4. The van der Waals surface area contributed by atoms with Crippen LogP contribution in [0, 0.1) is 0 Å². The summed E-state index contributed by atoms with van der Waals surface area (Å²) in [5.41, 5.74) is 6.99. The zero-order chi connectivity index (χ0) is 11.7. The lowest BCUT2D eigenvalue weighted by Gasteiger charge is -2.30. The van der Waals surface area contributed by atoms with Crippen molar-refractivity contribution < 1.29 is 4.79 Å². The van der Waals surface area contributed by atoms with E-state index in [1.807, 2.05) is 12.1 Å². The Kier molecular flexibility index (Phi) is 3.52. The Morgan fingerprint density at radius 3 is 2.94 bits per heavy atom. The van der Waals surface area contributed by atoms with E-state index in [1.165, 1.54) is 0 Å². The molecule has 1 aromatic carbocycles. The van der Waals surface area contributed by atoms with Crippen LogP contribution in [0.15, 0.2) is 22.7 Å². The molecule has 0 spiro atoms. The summed E-state index contributed by atoms with van der Waals surface area (Å²) in [4.78, 5) is 11.4. The van der Waals surface area contributed by atoms with Gasteiger partial charge in [-0.15, -0.1) is 0 Å². The molecule has 5 heteroatoms. The van der Waals surface area contributed by atoms with E-state index in [2.05, 4.69) is 21.2 Å².